The molecule has 0 aliphatic heterocycles. The van der Waals surface area contributed by atoms with Crippen molar-refractivity contribution >= 4 is 34.6 Å². The number of hydrazine groups is 1. The molecule has 0 aliphatic carbocycles. The molecule has 2 atom stereocenters. The number of fused-ring (bicyclic) bond motifs is 1. The van der Waals surface area contributed by atoms with Gasteiger partial charge in [-0.3, -0.25) is 19.8 Å². The molecule has 0 spiro atoms. The van der Waals surface area contributed by atoms with E-state index in [0.29, 0.717) is 38.9 Å². The van der Waals surface area contributed by atoms with E-state index in [0.717, 1.165) is 16.6 Å². The van der Waals surface area contributed by atoms with Crippen molar-refractivity contribution in [3.63, 3.8) is 0 Å². The van der Waals surface area contributed by atoms with Gasteiger partial charge in [0.25, 0.3) is 0 Å². The lowest BCUT2D eigenvalue weighted by molar-refractivity contribution is -0.148. The molecule has 1 aromatic heterocycles. The Kier molecular flexibility index (Phi) is 12.9. The minimum absolute atomic E-state index is 0.141. The second-order valence-electron chi connectivity index (χ2n) is 9.60. The molecule has 0 aliphatic rings. The number of carbonyl (C=O) groups is 4. The van der Waals surface area contributed by atoms with Gasteiger partial charge in [0.2, 0.25) is 17.7 Å². The number of nitrogens with zero attached hydrogens (tertiary/aromatic N) is 3. The number of para-hydroxylation sites is 1. The van der Waals surface area contributed by atoms with Gasteiger partial charge in [0.05, 0.1) is 13.2 Å². The van der Waals surface area contributed by atoms with Gasteiger partial charge in [0.15, 0.2) is 0 Å². The van der Waals surface area contributed by atoms with Crippen molar-refractivity contribution in [1.29, 1.82) is 0 Å². The summed E-state index contributed by atoms with van der Waals surface area (Å²) in [5.74, 6) is -2.11. The van der Waals surface area contributed by atoms with Gasteiger partial charge in [-0.2, -0.15) is 0 Å². The summed E-state index contributed by atoms with van der Waals surface area (Å²) in [6.07, 6.45) is 2.19. The van der Waals surface area contributed by atoms with E-state index in [1.54, 1.807) is 0 Å². The first-order chi connectivity index (χ1) is 18.6. The molecule has 3 amide bonds. The predicted molar refractivity (Wildman–Crippen MR) is 147 cm³/mol. The number of benzene rings is 1. The topological polar surface area (TPSA) is 156 Å². The molecule has 0 saturated heterocycles. The Labute approximate surface area is 229 Å². The number of unbranched alkanes of at least 4 members (excludes halogenated alkanes) is 2. The van der Waals surface area contributed by atoms with Crippen LogP contribution in [0.25, 0.3) is 10.9 Å². The molecule has 0 radical (unpaired) electrons. The summed E-state index contributed by atoms with van der Waals surface area (Å²) >= 11 is 0. The maximum atomic E-state index is 12.7. The lowest BCUT2D eigenvalue weighted by atomic mass is 10.1. The summed E-state index contributed by atoms with van der Waals surface area (Å²) in [6.45, 7) is 2.32. The molecule has 2 rings (SSSR count). The third kappa shape index (κ3) is 9.65. The predicted octanol–water partition coefficient (Wildman–Crippen LogP) is 0.683. The summed E-state index contributed by atoms with van der Waals surface area (Å²) in [7, 11) is 5.23. The highest BCUT2D eigenvalue weighted by Gasteiger charge is 2.22. The number of hydrogen-bond donors (Lipinski definition) is 5. The van der Waals surface area contributed by atoms with Crippen molar-refractivity contribution < 1.29 is 29.4 Å². The molecular formula is C27H42N6O6. The average Bonchev–Trinajstić information content (AvgIpc) is 3.27. The smallest absolute Gasteiger partial charge is 0.326 e. The maximum absolute atomic E-state index is 12.7. The molecule has 0 fully saturated rings. The van der Waals surface area contributed by atoms with Gasteiger partial charge in [-0.05, 0) is 44.3 Å². The zero-order valence-electron chi connectivity index (χ0n) is 23.3. The highest BCUT2D eigenvalue weighted by atomic mass is 16.4. The number of aliphatic hydroxyl groups is 1. The monoisotopic (exact) mass is 546 g/mol. The fourth-order valence-corrected chi connectivity index (χ4v) is 4.13. The van der Waals surface area contributed by atoms with Crippen molar-refractivity contribution in [2.75, 3.05) is 34.3 Å². The van der Waals surface area contributed by atoms with Crippen LogP contribution in [0.1, 0.15) is 44.7 Å². The van der Waals surface area contributed by atoms with Crippen molar-refractivity contribution in [3.8, 4) is 0 Å². The van der Waals surface area contributed by atoms with Crippen molar-refractivity contribution in [1.82, 2.24) is 30.5 Å². The third-order valence-electron chi connectivity index (χ3n) is 6.77. The van der Waals surface area contributed by atoms with Gasteiger partial charge < -0.3 is 30.3 Å². The van der Waals surface area contributed by atoms with Gasteiger partial charge in [0, 0.05) is 51.2 Å². The number of nitrogens with one attached hydrogen (secondary N) is 3. The van der Waals surface area contributed by atoms with Gasteiger partial charge in [0.1, 0.15) is 12.1 Å². The van der Waals surface area contributed by atoms with Crippen molar-refractivity contribution in [2.45, 2.75) is 64.2 Å². The van der Waals surface area contributed by atoms with Gasteiger partial charge in [-0.15, -0.1) is 0 Å². The lowest BCUT2D eigenvalue weighted by Crippen LogP contribution is -2.49. The molecule has 0 bridgehead atoms. The molecule has 1 heterocycles. The SMILES string of the molecule is CNN(C)Cc1cc2ccccc2n1CCC(=O)N[C@@H](CO)C(=O)NCCCCCC(=O)N(C)C(C)C(=O)O. The van der Waals surface area contributed by atoms with Crippen LogP contribution in [0.3, 0.4) is 0 Å². The van der Waals surface area contributed by atoms with Crippen LogP contribution in [0.4, 0.5) is 0 Å². The highest BCUT2D eigenvalue weighted by molar-refractivity contribution is 5.88. The van der Waals surface area contributed by atoms with Crippen LogP contribution < -0.4 is 16.1 Å². The summed E-state index contributed by atoms with van der Waals surface area (Å²) in [5, 5.41) is 27.0. The van der Waals surface area contributed by atoms with Crippen LogP contribution >= 0.6 is 0 Å². The van der Waals surface area contributed by atoms with Crippen LogP contribution in [-0.4, -0.2) is 94.8 Å². The van der Waals surface area contributed by atoms with Crippen LogP contribution in [-0.2, 0) is 32.3 Å². The first-order valence-corrected chi connectivity index (χ1v) is 13.2. The largest absolute Gasteiger partial charge is 0.480 e. The number of aliphatic carboxylic acids is 1. The van der Waals surface area contributed by atoms with E-state index in [1.165, 1.54) is 18.9 Å². The van der Waals surface area contributed by atoms with Crippen LogP contribution in [0, 0.1) is 0 Å². The molecule has 0 saturated carbocycles. The lowest BCUT2D eigenvalue weighted by Gasteiger charge is -2.21. The fourth-order valence-electron chi connectivity index (χ4n) is 4.13. The first kappa shape index (κ1) is 31.7. The van der Waals surface area contributed by atoms with Crippen LogP contribution in [0.5, 0.6) is 0 Å². The van der Waals surface area contributed by atoms with Crippen molar-refractivity contribution in [2.24, 2.45) is 0 Å². The first-order valence-electron chi connectivity index (χ1n) is 13.2. The number of hydrogen-bond acceptors (Lipinski definition) is 7. The minimum Gasteiger partial charge on any atom is -0.480 e. The Hall–Kier alpha value is -3.48. The third-order valence-corrected chi connectivity index (χ3v) is 6.77. The minimum atomic E-state index is -1.06. The number of carboxylic acids is 1. The molecule has 12 nitrogen and oxygen atoms in total. The molecule has 39 heavy (non-hydrogen) atoms. The van der Waals surface area contributed by atoms with Crippen LogP contribution in [0.2, 0.25) is 0 Å². The number of aromatic nitrogens is 1. The Morgan fingerprint density at radius 2 is 1.77 bits per heavy atom. The quantitative estimate of drug-likeness (QED) is 0.143. The molecule has 2 aromatic rings. The van der Waals surface area contributed by atoms with E-state index in [9.17, 15) is 24.3 Å². The van der Waals surface area contributed by atoms with E-state index < -0.39 is 30.6 Å². The summed E-state index contributed by atoms with van der Waals surface area (Å²) < 4.78 is 2.08. The van der Waals surface area contributed by atoms with Crippen molar-refractivity contribution in [3.05, 3.63) is 36.0 Å². The molecule has 1 aromatic carbocycles. The number of aliphatic hydroxyl groups excluding tert-OH is 1. The fraction of sp³-hybridized carbons (Fsp3) is 0.556. The number of amides is 3. The normalized spacial score (nSPS) is 12.8. The zero-order valence-corrected chi connectivity index (χ0v) is 23.3. The van der Waals surface area contributed by atoms with E-state index in [4.69, 9.17) is 5.11 Å². The number of carboxylic acid groups (broad SMARTS) is 1. The van der Waals surface area contributed by atoms with E-state index in [-0.39, 0.29) is 24.7 Å². The molecule has 1 unspecified atom stereocenters. The Balaban J connectivity index is 1.78. The Morgan fingerprint density at radius 1 is 1.05 bits per heavy atom. The summed E-state index contributed by atoms with van der Waals surface area (Å²) in [4.78, 5) is 49.4. The number of rotatable bonds is 17. The molecular weight excluding hydrogens is 504 g/mol. The van der Waals surface area contributed by atoms with E-state index in [1.807, 2.05) is 43.4 Å². The van der Waals surface area contributed by atoms with Gasteiger partial charge in [-0.1, -0.05) is 24.6 Å². The molecule has 12 heteroatoms. The standard InChI is InChI=1S/C27H42N6O6/c1-19(27(38)39)32(4)25(36)12-6-5-9-14-29-26(37)22(18-34)30-24(35)13-15-33-21(17-31(3)28-2)16-20-10-7-8-11-23(20)33/h7-8,10-11,16,19,22,28,34H,5-6,9,12-15,17-18H2,1-4H3,(H,29,37)(H,30,35)(H,38,39)/t19?,22-/m0/s1. The maximum Gasteiger partial charge on any atom is 0.326 e. The summed E-state index contributed by atoms with van der Waals surface area (Å²) in [5.41, 5.74) is 5.14. The Bertz CT molecular complexity index is 1120. The van der Waals surface area contributed by atoms with Gasteiger partial charge >= 0.3 is 5.97 Å². The Morgan fingerprint density at radius 3 is 2.44 bits per heavy atom. The van der Waals surface area contributed by atoms with E-state index in [2.05, 4.69) is 26.7 Å². The summed E-state index contributed by atoms with van der Waals surface area (Å²) in [6, 6.07) is 8.11. The van der Waals surface area contributed by atoms with E-state index >= 15 is 0 Å². The van der Waals surface area contributed by atoms with Crippen LogP contribution in [0.15, 0.2) is 30.3 Å². The second-order valence-corrected chi connectivity index (χ2v) is 9.60. The number of carbonyl (C=O) groups excluding carboxylic acids is 3. The average molecular weight is 547 g/mol. The number of likely N-dealkylation sites (N-methyl/N-ethyl adjacent to an activating group) is 1. The molecule has 216 valence electrons. The number of aryl methyl sites for hydroxylation is 1. The van der Waals surface area contributed by atoms with Gasteiger partial charge in [-0.25, -0.2) is 9.80 Å². The second kappa shape index (κ2) is 15.8. The highest BCUT2D eigenvalue weighted by Crippen LogP contribution is 2.21. The molecule has 5 N–H and O–H groups in total. The zero-order chi connectivity index (χ0) is 28.9.